The van der Waals surface area contributed by atoms with Crippen LogP contribution in [0.4, 0.5) is 0 Å². The zero-order chi connectivity index (χ0) is 14.5. The summed E-state index contributed by atoms with van der Waals surface area (Å²) in [6.07, 6.45) is 2.45. The van der Waals surface area contributed by atoms with Crippen LogP contribution in [-0.4, -0.2) is 37.2 Å². The molecule has 0 radical (unpaired) electrons. The van der Waals surface area contributed by atoms with Gasteiger partial charge in [-0.2, -0.15) is 0 Å². The summed E-state index contributed by atoms with van der Waals surface area (Å²) in [7, 11) is 2.23. The van der Waals surface area contributed by atoms with E-state index in [2.05, 4.69) is 56.2 Å². The molecule has 1 aliphatic heterocycles. The van der Waals surface area contributed by atoms with Gasteiger partial charge in [0, 0.05) is 11.6 Å². The largest absolute Gasteiger partial charge is 0.492 e. The molecule has 3 unspecified atom stereocenters. The molecular formula is C17H28N2O. The topological polar surface area (TPSA) is 24.5 Å². The minimum Gasteiger partial charge on any atom is -0.492 e. The van der Waals surface area contributed by atoms with Gasteiger partial charge in [0.1, 0.15) is 12.4 Å². The van der Waals surface area contributed by atoms with Gasteiger partial charge >= 0.3 is 0 Å². The Morgan fingerprint density at radius 2 is 2.10 bits per heavy atom. The van der Waals surface area contributed by atoms with E-state index < -0.39 is 0 Å². The first-order chi connectivity index (χ1) is 9.69. The monoisotopic (exact) mass is 276 g/mol. The lowest BCUT2D eigenvalue weighted by Gasteiger charge is -2.41. The van der Waals surface area contributed by atoms with E-state index in [1.807, 2.05) is 6.07 Å². The first-order valence-corrected chi connectivity index (χ1v) is 7.86. The maximum absolute atomic E-state index is 5.98. The van der Waals surface area contributed by atoms with Crippen LogP contribution in [0.2, 0.25) is 0 Å². The van der Waals surface area contributed by atoms with Crippen molar-refractivity contribution < 1.29 is 4.74 Å². The molecule has 1 aliphatic rings. The lowest BCUT2D eigenvalue weighted by atomic mass is 9.94. The molecule has 1 N–H and O–H groups in total. The standard InChI is InChI=1S/C17H28N2O/c1-5-9-13(3)19(4)15-12-20-16-11-8-7-10-14(16)17(15)18-6-2/h7-8,10-11,13,15,17-18H,5-6,9,12H2,1-4H3. The third-order valence-electron chi connectivity index (χ3n) is 4.40. The Bertz CT molecular complexity index is 421. The van der Waals surface area contributed by atoms with E-state index in [0.717, 1.165) is 18.9 Å². The third-order valence-corrected chi connectivity index (χ3v) is 4.40. The molecule has 1 aromatic rings. The average molecular weight is 276 g/mol. The Morgan fingerprint density at radius 3 is 2.80 bits per heavy atom. The van der Waals surface area contributed by atoms with Crippen molar-refractivity contribution in [2.75, 3.05) is 20.2 Å². The maximum Gasteiger partial charge on any atom is 0.124 e. The first kappa shape index (κ1) is 15.3. The van der Waals surface area contributed by atoms with Gasteiger partial charge in [-0.3, -0.25) is 4.90 Å². The number of hydrogen-bond donors (Lipinski definition) is 1. The minimum absolute atomic E-state index is 0.356. The Morgan fingerprint density at radius 1 is 1.35 bits per heavy atom. The molecule has 0 saturated heterocycles. The van der Waals surface area contributed by atoms with E-state index in [9.17, 15) is 0 Å². The number of hydrogen-bond acceptors (Lipinski definition) is 3. The minimum atomic E-state index is 0.356. The molecule has 112 valence electrons. The van der Waals surface area contributed by atoms with Crippen molar-refractivity contribution in [3.05, 3.63) is 29.8 Å². The number of likely N-dealkylation sites (N-methyl/N-ethyl adjacent to an activating group) is 2. The van der Waals surface area contributed by atoms with Gasteiger partial charge in [0.25, 0.3) is 0 Å². The summed E-state index contributed by atoms with van der Waals surface area (Å²) >= 11 is 0. The summed E-state index contributed by atoms with van der Waals surface area (Å²) in [6, 6.07) is 9.75. The number of nitrogens with zero attached hydrogens (tertiary/aromatic N) is 1. The van der Waals surface area contributed by atoms with E-state index in [-0.39, 0.29) is 0 Å². The van der Waals surface area contributed by atoms with Crippen LogP contribution in [0.15, 0.2) is 24.3 Å². The Kier molecular flexibility index (Phi) is 5.44. The number of ether oxygens (including phenoxy) is 1. The fourth-order valence-corrected chi connectivity index (χ4v) is 3.11. The lowest BCUT2D eigenvalue weighted by Crippen LogP contribution is -2.51. The van der Waals surface area contributed by atoms with Gasteiger partial charge in [-0.1, -0.05) is 38.5 Å². The predicted molar refractivity (Wildman–Crippen MR) is 84.3 cm³/mol. The van der Waals surface area contributed by atoms with Gasteiger partial charge in [0.15, 0.2) is 0 Å². The molecule has 3 heteroatoms. The highest BCUT2D eigenvalue weighted by Gasteiger charge is 2.34. The molecule has 2 rings (SSSR count). The van der Waals surface area contributed by atoms with Crippen molar-refractivity contribution in [3.63, 3.8) is 0 Å². The Hall–Kier alpha value is -1.06. The highest BCUT2D eigenvalue weighted by atomic mass is 16.5. The third kappa shape index (κ3) is 3.15. The molecule has 0 aromatic heterocycles. The quantitative estimate of drug-likeness (QED) is 0.863. The number of benzene rings is 1. The van der Waals surface area contributed by atoms with E-state index in [1.54, 1.807) is 0 Å². The second-order valence-electron chi connectivity index (χ2n) is 5.75. The normalized spacial score (nSPS) is 23.2. The second-order valence-corrected chi connectivity index (χ2v) is 5.75. The molecule has 0 aliphatic carbocycles. The summed E-state index contributed by atoms with van der Waals surface area (Å²) in [5, 5.41) is 3.65. The van der Waals surface area contributed by atoms with Crippen molar-refractivity contribution in [2.24, 2.45) is 0 Å². The van der Waals surface area contributed by atoms with E-state index in [4.69, 9.17) is 4.74 Å². The van der Waals surface area contributed by atoms with Gasteiger partial charge in [-0.05, 0) is 33.0 Å². The van der Waals surface area contributed by atoms with Gasteiger partial charge in [0.2, 0.25) is 0 Å². The van der Waals surface area contributed by atoms with Crippen LogP contribution in [0, 0.1) is 0 Å². The van der Waals surface area contributed by atoms with Gasteiger partial charge in [-0.25, -0.2) is 0 Å². The highest BCUT2D eigenvalue weighted by molar-refractivity contribution is 5.38. The maximum atomic E-state index is 5.98. The molecule has 0 fully saturated rings. The SMILES string of the molecule is CCCC(C)N(C)C1COc2ccccc2C1NCC. The van der Waals surface area contributed by atoms with Crippen LogP contribution in [-0.2, 0) is 0 Å². The average Bonchev–Trinajstić information content (AvgIpc) is 2.47. The summed E-state index contributed by atoms with van der Waals surface area (Å²) in [5.41, 5.74) is 1.29. The van der Waals surface area contributed by atoms with Crippen LogP contribution in [0.25, 0.3) is 0 Å². The summed E-state index contributed by atoms with van der Waals surface area (Å²) in [6.45, 7) is 8.47. The van der Waals surface area contributed by atoms with Crippen molar-refractivity contribution >= 4 is 0 Å². The molecule has 3 nitrogen and oxygen atoms in total. The number of nitrogens with one attached hydrogen (secondary N) is 1. The van der Waals surface area contributed by atoms with E-state index in [0.29, 0.717) is 18.1 Å². The predicted octanol–water partition coefficient (Wildman–Crippen LogP) is 3.22. The van der Waals surface area contributed by atoms with Crippen LogP contribution in [0.3, 0.4) is 0 Å². The molecule has 1 aromatic carbocycles. The van der Waals surface area contributed by atoms with Crippen molar-refractivity contribution in [3.8, 4) is 5.75 Å². The molecule has 3 atom stereocenters. The van der Waals surface area contributed by atoms with Crippen LogP contribution in [0.5, 0.6) is 5.75 Å². The summed E-state index contributed by atoms with van der Waals surface area (Å²) < 4.78 is 5.98. The van der Waals surface area contributed by atoms with Gasteiger partial charge in [-0.15, -0.1) is 0 Å². The van der Waals surface area contributed by atoms with E-state index >= 15 is 0 Å². The molecular weight excluding hydrogens is 248 g/mol. The Balaban J connectivity index is 2.21. The number of fused-ring (bicyclic) bond motifs is 1. The molecule has 20 heavy (non-hydrogen) atoms. The highest BCUT2D eigenvalue weighted by Crippen LogP contribution is 2.34. The lowest BCUT2D eigenvalue weighted by molar-refractivity contribution is 0.0765. The molecule has 0 bridgehead atoms. The molecule has 1 heterocycles. The van der Waals surface area contributed by atoms with Gasteiger partial charge in [0.05, 0.1) is 12.1 Å². The van der Waals surface area contributed by atoms with Crippen molar-refractivity contribution in [1.29, 1.82) is 0 Å². The zero-order valence-electron chi connectivity index (χ0n) is 13.2. The molecule has 0 amide bonds. The fourth-order valence-electron chi connectivity index (χ4n) is 3.11. The fraction of sp³-hybridized carbons (Fsp3) is 0.647. The molecule has 0 spiro atoms. The zero-order valence-corrected chi connectivity index (χ0v) is 13.2. The summed E-state index contributed by atoms with van der Waals surface area (Å²) in [4.78, 5) is 2.48. The smallest absolute Gasteiger partial charge is 0.124 e. The van der Waals surface area contributed by atoms with Crippen molar-refractivity contribution in [2.45, 2.75) is 51.7 Å². The molecule has 0 saturated carbocycles. The Labute approximate surface area is 123 Å². The van der Waals surface area contributed by atoms with Crippen LogP contribution in [0.1, 0.15) is 45.2 Å². The van der Waals surface area contributed by atoms with Gasteiger partial charge < -0.3 is 10.1 Å². The van der Waals surface area contributed by atoms with Crippen LogP contribution < -0.4 is 10.1 Å². The van der Waals surface area contributed by atoms with Crippen LogP contribution >= 0.6 is 0 Å². The van der Waals surface area contributed by atoms with Crippen molar-refractivity contribution in [1.82, 2.24) is 10.2 Å². The number of rotatable bonds is 6. The summed E-state index contributed by atoms with van der Waals surface area (Å²) in [5.74, 6) is 1.03. The number of para-hydroxylation sites is 1. The first-order valence-electron chi connectivity index (χ1n) is 7.86. The second kappa shape index (κ2) is 7.09. The van der Waals surface area contributed by atoms with E-state index in [1.165, 1.54) is 18.4 Å².